The molecule has 0 atom stereocenters. The zero-order valence-corrected chi connectivity index (χ0v) is 19.1. The van der Waals surface area contributed by atoms with E-state index in [0.29, 0.717) is 70.3 Å². The summed E-state index contributed by atoms with van der Waals surface area (Å²) >= 11 is 0. The first-order chi connectivity index (χ1) is 16.5. The van der Waals surface area contributed by atoms with Crippen molar-refractivity contribution in [3.63, 3.8) is 0 Å². The predicted molar refractivity (Wildman–Crippen MR) is 129 cm³/mol. The van der Waals surface area contributed by atoms with Gasteiger partial charge in [-0.3, -0.25) is 4.79 Å². The number of aryl methyl sites for hydroxylation is 2. The number of benzene rings is 3. The number of esters is 1. The maximum atomic E-state index is 13.6. The quantitative estimate of drug-likeness (QED) is 0.289. The van der Waals surface area contributed by atoms with Gasteiger partial charge in [0.05, 0.1) is 29.7 Å². The van der Waals surface area contributed by atoms with Gasteiger partial charge in [-0.1, -0.05) is 31.2 Å². The summed E-state index contributed by atoms with van der Waals surface area (Å²) in [6, 6.07) is 17.6. The lowest BCUT2D eigenvalue weighted by molar-refractivity contribution is 0.0733. The molecule has 2 heterocycles. The third-order valence-corrected chi connectivity index (χ3v) is 5.88. The lowest BCUT2D eigenvalue weighted by atomic mass is 10.0. The molecule has 1 aromatic heterocycles. The molecule has 0 unspecified atom stereocenters. The van der Waals surface area contributed by atoms with E-state index in [4.69, 9.17) is 18.6 Å². The van der Waals surface area contributed by atoms with E-state index in [-0.39, 0.29) is 5.43 Å². The van der Waals surface area contributed by atoms with Crippen LogP contribution in [-0.4, -0.2) is 19.2 Å². The van der Waals surface area contributed by atoms with Crippen molar-refractivity contribution >= 4 is 16.9 Å². The third kappa shape index (κ3) is 4.03. The summed E-state index contributed by atoms with van der Waals surface area (Å²) in [7, 11) is 0. The van der Waals surface area contributed by atoms with E-state index in [1.54, 1.807) is 43.3 Å². The summed E-state index contributed by atoms with van der Waals surface area (Å²) in [5.74, 6) is 1.68. The van der Waals surface area contributed by atoms with Gasteiger partial charge in [-0.05, 0) is 54.8 Å². The number of carbonyl (C=O) groups is 1. The Morgan fingerprint density at radius 2 is 1.74 bits per heavy atom. The summed E-state index contributed by atoms with van der Waals surface area (Å²) in [5.41, 5.74) is 2.59. The molecule has 1 aliphatic heterocycles. The lowest BCUT2D eigenvalue weighted by Crippen LogP contribution is -2.11. The minimum absolute atomic E-state index is 0.149. The van der Waals surface area contributed by atoms with E-state index in [2.05, 4.69) is 0 Å². The number of hydrogen-bond acceptors (Lipinski definition) is 6. The van der Waals surface area contributed by atoms with Crippen LogP contribution in [0.15, 0.2) is 69.9 Å². The van der Waals surface area contributed by atoms with E-state index < -0.39 is 5.97 Å². The first-order valence-electron chi connectivity index (χ1n) is 11.3. The maximum Gasteiger partial charge on any atom is 0.343 e. The van der Waals surface area contributed by atoms with Gasteiger partial charge in [0.2, 0.25) is 5.43 Å². The summed E-state index contributed by atoms with van der Waals surface area (Å²) in [4.78, 5) is 26.2. The summed E-state index contributed by atoms with van der Waals surface area (Å²) in [5, 5.41) is 0.434. The van der Waals surface area contributed by atoms with Gasteiger partial charge >= 0.3 is 5.97 Å². The molecule has 6 heteroatoms. The van der Waals surface area contributed by atoms with Gasteiger partial charge in [-0.25, -0.2) is 4.79 Å². The van der Waals surface area contributed by atoms with Crippen molar-refractivity contribution in [2.24, 2.45) is 0 Å². The van der Waals surface area contributed by atoms with Crippen molar-refractivity contribution in [3.8, 4) is 28.4 Å². The molecule has 0 spiro atoms. The Balaban J connectivity index is 1.58. The molecule has 0 radical (unpaired) electrons. The fourth-order valence-corrected chi connectivity index (χ4v) is 4.14. The van der Waals surface area contributed by atoms with Crippen LogP contribution in [0.1, 0.15) is 35.0 Å². The largest absolute Gasteiger partial charge is 0.490 e. The van der Waals surface area contributed by atoms with Crippen LogP contribution < -0.4 is 19.6 Å². The highest BCUT2D eigenvalue weighted by Crippen LogP contribution is 2.35. The van der Waals surface area contributed by atoms with Crippen LogP contribution in [0.3, 0.4) is 0 Å². The molecule has 4 aromatic rings. The van der Waals surface area contributed by atoms with Crippen LogP contribution >= 0.6 is 0 Å². The molecule has 0 amide bonds. The Morgan fingerprint density at radius 3 is 2.50 bits per heavy atom. The minimum Gasteiger partial charge on any atom is -0.490 e. The Labute approximate surface area is 196 Å². The van der Waals surface area contributed by atoms with Crippen molar-refractivity contribution in [3.05, 3.63) is 87.8 Å². The van der Waals surface area contributed by atoms with Crippen molar-refractivity contribution in [1.82, 2.24) is 0 Å². The van der Waals surface area contributed by atoms with E-state index in [0.717, 1.165) is 12.0 Å². The molecule has 3 aromatic carbocycles. The standard InChI is InChI=1S/C28H24O6/c1-3-18-14-21-24(16-23(18)34-28(30)19-8-5-4-6-9-19)33-17(2)26(27(21)29)20-10-11-22-25(15-20)32-13-7-12-31-22/h4-6,8-11,14-16H,3,7,12-13H2,1-2H3. The zero-order chi connectivity index (χ0) is 23.7. The maximum absolute atomic E-state index is 13.6. The highest BCUT2D eigenvalue weighted by atomic mass is 16.5. The topological polar surface area (TPSA) is 75.0 Å². The van der Waals surface area contributed by atoms with Gasteiger partial charge in [-0.15, -0.1) is 0 Å². The fourth-order valence-electron chi connectivity index (χ4n) is 4.14. The first kappa shape index (κ1) is 21.8. The molecule has 172 valence electrons. The van der Waals surface area contributed by atoms with E-state index in [9.17, 15) is 9.59 Å². The first-order valence-corrected chi connectivity index (χ1v) is 11.3. The van der Waals surface area contributed by atoms with Crippen molar-refractivity contribution in [1.29, 1.82) is 0 Å². The highest BCUT2D eigenvalue weighted by Gasteiger charge is 2.20. The highest BCUT2D eigenvalue weighted by molar-refractivity contribution is 5.92. The smallest absolute Gasteiger partial charge is 0.343 e. The number of carbonyl (C=O) groups excluding carboxylic acids is 1. The number of ether oxygens (including phenoxy) is 3. The average Bonchev–Trinajstić information content (AvgIpc) is 3.09. The van der Waals surface area contributed by atoms with Crippen LogP contribution in [0.25, 0.3) is 22.1 Å². The molecule has 0 saturated heterocycles. The normalized spacial score (nSPS) is 12.9. The molecule has 1 aliphatic rings. The Kier molecular flexibility index (Phi) is 5.80. The Morgan fingerprint density at radius 1 is 0.971 bits per heavy atom. The molecule has 0 fully saturated rings. The van der Waals surface area contributed by atoms with Gasteiger partial charge in [0.15, 0.2) is 11.5 Å². The van der Waals surface area contributed by atoms with Crippen LogP contribution in [0.4, 0.5) is 0 Å². The minimum atomic E-state index is -0.461. The van der Waals surface area contributed by atoms with E-state index >= 15 is 0 Å². The van der Waals surface area contributed by atoms with Crippen LogP contribution in [0.2, 0.25) is 0 Å². The monoisotopic (exact) mass is 456 g/mol. The zero-order valence-electron chi connectivity index (χ0n) is 19.1. The van der Waals surface area contributed by atoms with Crippen LogP contribution in [0.5, 0.6) is 17.2 Å². The van der Waals surface area contributed by atoms with Gasteiger partial charge in [-0.2, -0.15) is 0 Å². The lowest BCUT2D eigenvalue weighted by Gasteiger charge is -2.13. The van der Waals surface area contributed by atoms with Gasteiger partial charge in [0.25, 0.3) is 0 Å². The second-order valence-corrected chi connectivity index (χ2v) is 8.14. The molecule has 0 N–H and O–H groups in total. The van der Waals surface area contributed by atoms with Crippen molar-refractivity contribution in [2.45, 2.75) is 26.7 Å². The van der Waals surface area contributed by atoms with Crippen LogP contribution in [-0.2, 0) is 6.42 Å². The number of fused-ring (bicyclic) bond motifs is 2. The molecule has 34 heavy (non-hydrogen) atoms. The predicted octanol–water partition coefficient (Wildman–Crippen LogP) is 5.71. The van der Waals surface area contributed by atoms with Gasteiger partial charge in [0, 0.05) is 12.5 Å². The second-order valence-electron chi connectivity index (χ2n) is 8.14. The van der Waals surface area contributed by atoms with E-state index in [1.165, 1.54) is 0 Å². The molecule has 6 nitrogen and oxygen atoms in total. The average molecular weight is 456 g/mol. The summed E-state index contributed by atoms with van der Waals surface area (Å²) in [6.45, 7) is 4.86. The van der Waals surface area contributed by atoms with Crippen LogP contribution in [0, 0.1) is 6.92 Å². The van der Waals surface area contributed by atoms with E-state index in [1.807, 2.05) is 31.2 Å². The molecular formula is C28H24O6. The molecule has 0 bridgehead atoms. The van der Waals surface area contributed by atoms with Crippen molar-refractivity contribution < 1.29 is 23.4 Å². The SMILES string of the molecule is CCc1cc2c(=O)c(-c3ccc4c(c3)OCCCO4)c(C)oc2cc1OC(=O)c1ccccc1. The summed E-state index contributed by atoms with van der Waals surface area (Å²) < 4.78 is 23.2. The van der Waals surface area contributed by atoms with Crippen molar-refractivity contribution in [2.75, 3.05) is 13.2 Å². The van der Waals surface area contributed by atoms with Gasteiger partial charge in [0.1, 0.15) is 17.1 Å². The Bertz CT molecular complexity index is 1440. The number of hydrogen-bond donors (Lipinski definition) is 0. The summed E-state index contributed by atoms with van der Waals surface area (Å²) in [6.07, 6.45) is 1.39. The third-order valence-electron chi connectivity index (χ3n) is 5.88. The fraction of sp³-hybridized carbons (Fsp3) is 0.214. The Hall–Kier alpha value is -4.06. The molecule has 0 saturated carbocycles. The number of rotatable bonds is 4. The molecular weight excluding hydrogens is 432 g/mol. The molecule has 5 rings (SSSR count). The van der Waals surface area contributed by atoms with Gasteiger partial charge < -0.3 is 18.6 Å². The molecule has 0 aliphatic carbocycles. The second kappa shape index (κ2) is 9.06.